The van der Waals surface area contributed by atoms with Crippen LogP contribution in [0.2, 0.25) is 0 Å². The molecular weight excluding hydrogens is 354 g/mol. The first-order chi connectivity index (χ1) is 13.5. The van der Waals surface area contributed by atoms with E-state index in [4.69, 9.17) is 4.74 Å². The van der Waals surface area contributed by atoms with Gasteiger partial charge in [-0.25, -0.2) is 0 Å². The van der Waals surface area contributed by atoms with Gasteiger partial charge >= 0.3 is 0 Å². The Balaban J connectivity index is 1.43. The normalized spacial score (nSPS) is 28.1. The van der Waals surface area contributed by atoms with Crippen molar-refractivity contribution in [1.82, 2.24) is 4.90 Å². The molecule has 1 saturated carbocycles. The molecule has 3 aliphatic rings. The first-order valence-electron chi connectivity index (χ1n) is 10.6. The molecule has 2 saturated heterocycles. The molecule has 2 aliphatic heterocycles. The van der Waals surface area contributed by atoms with Gasteiger partial charge in [0.1, 0.15) is 0 Å². The number of para-hydroxylation sites is 2. The first kappa shape index (κ1) is 19.2. The predicted molar refractivity (Wildman–Crippen MR) is 109 cm³/mol. The second kappa shape index (κ2) is 8.11. The van der Waals surface area contributed by atoms with Gasteiger partial charge in [-0.05, 0) is 51.7 Å². The number of piperidine rings is 1. The van der Waals surface area contributed by atoms with Gasteiger partial charge in [0.25, 0.3) is 0 Å². The Hall–Kier alpha value is -2.08. The van der Waals surface area contributed by atoms with Crippen LogP contribution in [-0.2, 0) is 14.3 Å². The fraction of sp³-hybridized carbons (Fsp3) is 0.636. The fourth-order valence-electron chi connectivity index (χ4n) is 4.44. The number of rotatable bonds is 4. The number of nitrogens with one attached hydrogen (secondary N) is 1. The Morgan fingerprint density at radius 3 is 2.43 bits per heavy atom. The zero-order chi connectivity index (χ0) is 19.7. The van der Waals surface area contributed by atoms with Crippen molar-refractivity contribution in [3.63, 3.8) is 0 Å². The van der Waals surface area contributed by atoms with Crippen LogP contribution in [0, 0.1) is 11.8 Å². The smallest absolute Gasteiger partial charge is 0.229 e. The van der Waals surface area contributed by atoms with E-state index in [0.29, 0.717) is 6.54 Å². The lowest BCUT2D eigenvalue weighted by Gasteiger charge is -2.38. The highest BCUT2D eigenvalue weighted by molar-refractivity contribution is 5.96. The van der Waals surface area contributed by atoms with Gasteiger partial charge in [0.15, 0.2) is 0 Å². The van der Waals surface area contributed by atoms with Gasteiger partial charge in [0.05, 0.1) is 29.5 Å². The van der Waals surface area contributed by atoms with E-state index in [1.807, 2.05) is 23.1 Å². The number of morpholine rings is 1. The zero-order valence-corrected chi connectivity index (χ0v) is 16.9. The van der Waals surface area contributed by atoms with Crippen LogP contribution in [0.15, 0.2) is 24.3 Å². The molecular formula is C22H31N3O3. The molecule has 152 valence electrons. The molecule has 3 unspecified atom stereocenters. The van der Waals surface area contributed by atoms with Crippen LogP contribution < -0.4 is 10.2 Å². The van der Waals surface area contributed by atoms with Crippen LogP contribution in [0.5, 0.6) is 0 Å². The van der Waals surface area contributed by atoms with Crippen molar-refractivity contribution in [3.8, 4) is 0 Å². The summed E-state index contributed by atoms with van der Waals surface area (Å²) in [6.07, 6.45) is 4.08. The molecule has 2 amide bonds. The summed E-state index contributed by atoms with van der Waals surface area (Å²) >= 11 is 0. The molecule has 1 aliphatic carbocycles. The summed E-state index contributed by atoms with van der Waals surface area (Å²) in [4.78, 5) is 29.6. The number of likely N-dealkylation sites (tertiary alicyclic amines) is 1. The van der Waals surface area contributed by atoms with E-state index in [2.05, 4.69) is 30.1 Å². The molecule has 0 bridgehead atoms. The lowest BCUT2D eigenvalue weighted by atomic mass is 9.96. The Morgan fingerprint density at radius 2 is 1.71 bits per heavy atom. The maximum absolute atomic E-state index is 13.0. The number of carbonyl (C=O) groups is 2. The molecule has 4 rings (SSSR count). The topological polar surface area (TPSA) is 61.9 Å². The fourth-order valence-corrected chi connectivity index (χ4v) is 4.44. The highest BCUT2D eigenvalue weighted by atomic mass is 16.5. The molecule has 28 heavy (non-hydrogen) atoms. The monoisotopic (exact) mass is 385 g/mol. The summed E-state index contributed by atoms with van der Waals surface area (Å²) in [6, 6.07) is 7.99. The van der Waals surface area contributed by atoms with E-state index in [-0.39, 0.29) is 35.9 Å². The maximum atomic E-state index is 13.0. The number of hydrogen-bond acceptors (Lipinski definition) is 4. The molecule has 0 spiro atoms. The Morgan fingerprint density at radius 1 is 1.00 bits per heavy atom. The van der Waals surface area contributed by atoms with Crippen molar-refractivity contribution in [1.29, 1.82) is 0 Å². The molecule has 0 aromatic heterocycles. The largest absolute Gasteiger partial charge is 0.372 e. The number of amides is 2. The second-order valence-electron chi connectivity index (χ2n) is 8.57. The summed E-state index contributed by atoms with van der Waals surface area (Å²) in [6.45, 7) is 7.12. The molecule has 6 heteroatoms. The quantitative estimate of drug-likeness (QED) is 0.866. The van der Waals surface area contributed by atoms with Crippen LogP contribution in [-0.4, -0.2) is 55.1 Å². The highest BCUT2D eigenvalue weighted by Gasteiger charge is 2.37. The minimum absolute atomic E-state index is 0.0232. The molecule has 1 aromatic rings. The number of benzene rings is 1. The Bertz CT molecular complexity index is 723. The number of ether oxygens (including phenoxy) is 1. The van der Waals surface area contributed by atoms with E-state index in [0.717, 1.165) is 56.7 Å². The number of anilines is 2. The van der Waals surface area contributed by atoms with Crippen molar-refractivity contribution in [2.24, 2.45) is 11.8 Å². The van der Waals surface area contributed by atoms with Gasteiger partial charge in [0.2, 0.25) is 11.8 Å². The second-order valence-corrected chi connectivity index (χ2v) is 8.57. The first-order valence-corrected chi connectivity index (χ1v) is 10.6. The van der Waals surface area contributed by atoms with Crippen LogP contribution in [0.25, 0.3) is 0 Å². The van der Waals surface area contributed by atoms with Crippen molar-refractivity contribution in [2.45, 2.75) is 51.7 Å². The molecule has 2 heterocycles. The molecule has 1 N–H and O–H groups in total. The van der Waals surface area contributed by atoms with Gasteiger partial charge in [-0.3, -0.25) is 9.59 Å². The van der Waals surface area contributed by atoms with Gasteiger partial charge in [-0.2, -0.15) is 0 Å². The lowest BCUT2D eigenvalue weighted by Crippen LogP contribution is -2.46. The summed E-state index contributed by atoms with van der Waals surface area (Å²) in [5.41, 5.74) is 1.89. The van der Waals surface area contributed by atoms with E-state index >= 15 is 0 Å². The van der Waals surface area contributed by atoms with Crippen LogP contribution in [0.3, 0.4) is 0 Å². The summed E-state index contributed by atoms with van der Waals surface area (Å²) < 4.78 is 5.85. The number of carbonyl (C=O) groups excluding carboxylic acids is 2. The van der Waals surface area contributed by atoms with Crippen LogP contribution in [0.1, 0.15) is 39.5 Å². The maximum Gasteiger partial charge on any atom is 0.229 e. The van der Waals surface area contributed by atoms with E-state index < -0.39 is 0 Å². The molecule has 0 radical (unpaired) electrons. The number of hydrogen-bond donors (Lipinski definition) is 1. The summed E-state index contributed by atoms with van der Waals surface area (Å²) in [5.74, 6) is 0.351. The third-order valence-corrected chi connectivity index (χ3v) is 5.95. The molecule has 3 fully saturated rings. The van der Waals surface area contributed by atoms with Crippen LogP contribution in [0.4, 0.5) is 11.4 Å². The van der Waals surface area contributed by atoms with Gasteiger partial charge < -0.3 is 19.9 Å². The van der Waals surface area contributed by atoms with Crippen molar-refractivity contribution in [3.05, 3.63) is 24.3 Å². The Kier molecular flexibility index (Phi) is 5.58. The lowest BCUT2D eigenvalue weighted by molar-refractivity contribution is -0.135. The van der Waals surface area contributed by atoms with E-state index in [1.54, 1.807) is 0 Å². The van der Waals surface area contributed by atoms with Gasteiger partial charge in [-0.1, -0.05) is 12.1 Å². The minimum atomic E-state index is -0.132. The third kappa shape index (κ3) is 4.32. The SMILES string of the molecule is CC1CN(c2ccccc2NC(=O)C2CCCN(C(=O)C3CC3)C2)CC(C)O1. The predicted octanol–water partition coefficient (Wildman–Crippen LogP) is 2.89. The van der Waals surface area contributed by atoms with Gasteiger partial charge in [-0.15, -0.1) is 0 Å². The molecule has 3 atom stereocenters. The molecule has 6 nitrogen and oxygen atoms in total. The van der Waals surface area contributed by atoms with Gasteiger partial charge in [0, 0.05) is 32.1 Å². The average Bonchev–Trinajstić information content (AvgIpc) is 3.52. The zero-order valence-electron chi connectivity index (χ0n) is 16.9. The summed E-state index contributed by atoms with van der Waals surface area (Å²) in [7, 11) is 0. The minimum Gasteiger partial charge on any atom is -0.372 e. The van der Waals surface area contributed by atoms with E-state index in [9.17, 15) is 9.59 Å². The summed E-state index contributed by atoms with van der Waals surface area (Å²) in [5, 5.41) is 3.15. The number of nitrogens with zero attached hydrogens (tertiary/aromatic N) is 2. The van der Waals surface area contributed by atoms with E-state index in [1.165, 1.54) is 0 Å². The Labute approximate surface area is 167 Å². The van der Waals surface area contributed by atoms with Crippen molar-refractivity contribution >= 4 is 23.2 Å². The van der Waals surface area contributed by atoms with Crippen molar-refractivity contribution < 1.29 is 14.3 Å². The van der Waals surface area contributed by atoms with Crippen molar-refractivity contribution in [2.75, 3.05) is 36.4 Å². The molecule has 1 aromatic carbocycles. The third-order valence-electron chi connectivity index (χ3n) is 5.95. The standard InChI is InChI=1S/C22H31N3O3/c1-15-12-25(13-16(2)28-15)20-8-4-3-7-19(20)23-21(26)18-6-5-11-24(14-18)22(27)17-9-10-17/h3-4,7-8,15-18H,5-6,9-14H2,1-2H3,(H,23,26). The highest BCUT2D eigenvalue weighted by Crippen LogP contribution is 2.33. The van der Waals surface area contributed by atoms with Crippen LogP contribution >= 0.6 is 0 Å². The average molecular weight is 386 g/mol.